The number of methoxy groups -OCH3 is 1. The van der Waals surface area contributed by atoms with Crippen molar-refractivity contribution < 1.29 is 23.9 Å². The summed E-state index contributed by atoms with van der Waals surface area (Å²) in [6.07, 6.45) is 0. The van der Waals surface area contributed by atoms with Crippen LogP contribution in [0.3, 0.4) is 0 Å². The summed E-state index contributed by atoms with van der Waals surface area (Å²) >= 11 is 0. The summed E-state index contributed by atoms with van der Waals surface area (Å²) in [6, 6.07) is 15.0. The van der Waals surface area contributed by atoms with Gasteiger partial charge in [-0.2, -0.15) is 0 Å². The largest absolute Gasteiger partial charge is 0.491 e. The maximum absolute atomic E-state index is 12.7. The molecule has 0 aromatic heterocycles. The number of nitrogens with one attached hydrogen (secondary N) is 1. The highest BCUT2D eigenvalue weighted by molar-refractivity contribution is 6.07. The van der Waals surface area contributed by atoms with E-state index in [1.165, 1.54) is 7.11 Å². The highest BCUT2D eigenvalue weighted by atomic mass is 16.5. The van der Waals surface area contributed by atoms with Crippen LogP contribution in [0.4, 0.5) is 4.79 Å². The predicted octanol–water partition coefficient (Wildman–Crippen LogP) is 2.85. The van der Waals surface area contributed by atoms with E-state index in [0.29, 0.717) is 5.75 Å². The lowest BCUT2D eigenvalue weighted by molar-refractivity contribution is -0.151. The molecule has 0 bridgehead atoms. The Morgan fingerprint density at radius 1 is 1.03 bits per heavy atom. The maximum atomic E-state index is 12.7. The first-order valence-corrected chi connectivity index (χ1v) is 9.42. The van der Waals surface area contributed by atoms with Gasteiger partial charge in [0.25, 0.3) is 5.91 Å². The van der Waals surface area contributed by atoms with E-state index in [4.69, 9.17) is 9.47 Å². The van der Waals surface area contributed by atoms with Crippen LogP contribution in [0.15, 0.2) is 54.6 Å². The lowest BCUT2D eigenvalue weighted by Crippen LogP contribution is -2.49. The van der Waals surface area contributed by atoms with Crippen molar-refractivity contribution in [2.75, 3.05) is 13.7 Å². The Bertz CT molecular complexity index is 880. The van der Waals surface area contributed by atoms with Crippen LogP contribution in [-0.2, 0) is 14.3 Å². The van der Waals surface area contributed by atoms with Gasteiger partial charge >= 0.3 is 12.0 Å². The molecule has 0 aliphatic carbocycles. The Morgan fingerprint density at radius 2 is 1.66 bits per heavy atom. The van der Waals surface area contributed by atoms with Crippen LogP contribution in [0.1, 0.15) is 13.8 Å². The SMILES string of the molecule is COC(=O)C(C(C)C)N1C(=O)NC(COc2ccc(-c3ccccc3)cc2)C1=O. The third kappa shape index (κ3) is 4.39. The molecule has 1 N–H and O–H groups in total. The van der Waals surface area contributed by atoms with Crippen molar-refractivity contribution in [2.24, 2.45) is 5.92 Å². The molecular formula is C22H24N2O5. The molecule has 0 radical (unpaired) electrons. The van der Waals surface area contributed by atoms with Crippen molar-refractivity contribution in [2.45, 2.75) is 25.9 Å². The van der Waals surface area contributed by atoms with E-state index in [1.54, 1.807) is 13.8 Å². The van der Waals surface area contributed by atoms with Crippen molar-refractivity contribution in [3.63, 3.8) is 0 Å². The van der Waals surface area contributed by atoms with Gasteiger partial charge in [0, 0.05) is 0 Å². The molecule has 1 heterocycles. The zero-order chi connectivity index (χ0) is 21.0. The van der Waals surface area contributed by atoms with Crippen LogP contribution in [0.25, 0.3) is 11.1 Å². The van der Waals surface area contributed by atoms with E-state index in [0.717, 1.165) is 16.0 Å². The third-order valence-corrected chi connectivity index (χ3v) is 4.78. The number of carbonyl (C=O) groups is 3. The number of hydrogen-bond donors (Lipinski definition) is 1. The molecule has 7 nitrogen and oxygen atoms in total. The Morgan fingerprint density at radius 3 is 2.24 bits per heavy atom. The second-order valence-electron chi connectivity index (χ2n) is 7.12. The molecule has 29 heavy (non-hydrogen) atoms. The third-order valence-electron chi connectivity index (χ3n) is 4.78. The quantitative estimate of drug-likeness (QED) is 0.575. The molecule has 3 amide bonds. The molecule has 7 heteroatoms. The number of imide groups is 1. The minimum Gasteiger partial charge on any atom is -0.491 e. The number of esters is 1. The first-order chi connectivity index (χ1) is 13.9. The van der Waals surface area contributed by atoms with Crippen molar-refractivity contribution in [3.05, 3.63) is 54.6 Å². The van der Waals surface area contributed by atoms with E-state index >= 15 is 0 Å². The van der Waals surface area contributed by atoms with Gasteiger partial charge in [0.15, 0.2) is 0 Å². The monoisotopic (exact) mass is 396 g/mol. The molecule has 0 spiro atoms. The maximum Gasteiger partial charge on any atom is 0.329 e. The van der Waals surface area contributed by atoms with Crippen LogP contribution < -0.4 is 10.1 Å². The average molecular weight is 396 g/mol. The normalized spacial score (nSPS) is 17.2. The van der Waals surface area contributed by atoms with Crippen LogP contribution in [0.5, 0.6) is 5.75 Å². The fraction of sp³-hybridized carbons (Fsp3) is 0.318. The number of urea groups is 1. The molecule has 2 aromatic carbocycles. The predicted molar refractivity (Wildman–Crippen MR) is 107 cm³/mol. The van der Waals surface area contributed by atoms with Crippen molar-refractivity contribution in [1.29, 1.82) is 0 Å². The topological polar surface area (TPSA) is 84.9 Å². The number of nitrogens with zero attached hydrogens (tertiary/aromatic N) is 1. The number of amides is 3. The molecule has 2 aromatic rings. The zero-order valence-corrected chi connectivity index (χ0v) is 16.6. The van der Waals surface area contributed by atoms with E-state index in [1.807, 2.05) is 54.6 Å². The lowest BCUT2D eigenvalue weighted by atomic mass is 10.0. The van der Waals surface area contributed by atoms with Crippen LogP contribution >= 0.6 is 0 Å². The van der Waals surface area contributed by atoms with E-state index in [9.17, 15) is 14.4 Å². The summed E-state index contributed by atoms with van der Waals surface area (Å²) in [6.45, 7) is 3.47. The minimum absolute atomic E-state index is 0.0300. The summed E-state index contributed by atoms with van der Waals surface area (Å²) in [7, 11) is 1.23. The van der Waals surface area contributed by atoms with Gasteiger partial charge in [0.05, 0.1) is 7.11 Å². The summed E-state index contributed by atoms with van der Waals surface area (Å²) in [5.41, 5.74) is 2.14. The van der Waals surface area contributed by atoms with E-state index in [-0.39, 0.29) is 12.5 Å². The van der Waals surface area contributed by atoms with Gasteiger partial charge < -0.3 is 14.8 Å². The van der Waals surface area contributed by atoms with Crippen LogP contribution in [0.2, 0.25) is 0 Å². The van der Waals surface area contributed by atoms with Gasteiger partial charge in [-0.25, -0.2) is 14.5 Å². The number of benzene rings is 2. The molecule has 152 valence electrons. The molecule has 1 fully saturated rings. The van der Waals surface area contributed by atoms with Crippen molar-refractivity contribution >= 4 is 17.9 Å². The van der Waals surface area contributed by atoms with Crippen LogP contribution in [-0.4, -0.2) is 48.6 Å². The number of rotatable bonds is 7. The summed E-state index contributed by atoms with van der Waals surface area (Å²) < 4.78 is 10.4. The summed E-state index contributed by atoms with van der Waals surface area (Å²) in [5.74, 6) is -0.817. The molecule has 2 unspecified atom stereocenters. The first-order valence-electron chi connectivity index (χ1n) is 9.42. The number of carbonyl (C=O) groups excluding carboxylic acids is 3. The van der Waals surface area contributed by atoms with Gasteiger partial charge in [0.2, 0.25) is 0 Å². The molecule has 0 saturated carbocycles. The second kappa shape index (κ2) is 8.77. The van der Waals surface area contributed by atoms with Gasteiger partial charge in [-0.05, 0) is 29.2 Å². The summed E-state index contributed by atoms with van der Waals surface area (Å²) in [4.78, 5) is 38.0. The Kier molecular flexibility index (Phi) is 6.16. The standard InChI is InChI=1S/C22H24N2O5/c1-14(2)19(21(26)28-3)24-20(25)18(23-22(24)27)13-29-17-11-9-16(10-12-17)15-7-5-4-6-8-15/h4-12,14,18-19H,13H2,1-3H3,(H,23,27). The Labute approximate surface area is 169 Å². The highest BCUT2D eigenvalue weighted by Gasteiger charge is 2.46. The van der Waals surface area contributed by atoms with E-state index < -0.39 is 30.0 Å². The van der Waals surface area contributed by atoms with Gasteiger partial charge in [-0.15, -0.1) is 0 Å². The highest BCUT2D eigenvalue weighted by Crippen LogP contribution is 2.23. The van der Waals surface area contributed by atoms with Crippen molar-refractivity contribution in [3.8, 4) is 16.9 Å². The van der Waals surface area contributed by atoms with Gasteiger partial charge in [0.1, 0.15) is 24.4 Å². The summed E-state index contributed by atoms with van der Waals surface area (Å²) in [5, 5.41) is 2.58. The first kappa shape index (κ1) is 20.4. The van der Waals surface area contributed by atoms with E-state index in [2.05, 4.69) is 5.32 Å². The fourth-order valence-electron chi connectivity index (χ4n) is 3.27. The number of hydrogen-bond acceptors (Lipinski definition) is 5. The smallest absolute Gasteiger partial charge is 0.329 e. The lowest BCUT2D eigenvalue weighted by Gasteiger charge is -2.26. The average Bonchev–Trinajstić information content (AvgIpc) is 3.01. The minimum atomic E-state index is -0.970. The second-order valence-corrected chi connectivity index (χ2v) is 7.12. The Hall–Kier alpha value is -3.35. The zero-order valence-electron chi connectivity index (χ0n) is 16.6. The fourth-order valence-corrected chi connectivity index (χ4v) is 3.27. The number of ether oxygens (including phenoxy) is 2. The molecule has 1 saturated heterocycles. The molecule has 1 aliphatic heterocycles. The molecule has 3 rings (SSSR count). The molecule has 2 atom stereocenters. The molecule has 1 aliphatic rings. The van der Waals surface area contributed by atoms with Crippen molar-refractivity contribution in [1.82, 2.24) is 10.2 Å². The molecular weight excluding hydrogens is 372 g/mol. The van der Waals surface area contributed by atoms with Gasteiger partial charge in [-0.3, -0.25) is 4.79 Å². The Balaban J connectivity index is 1.65. The van der Waals surface area contributed by atoms with Gasteiger partial charge in [-0.1, -0.05) is 56.3 Å². The van der Waals surface area contributed by atoms with Crippen LogP contribution in [0, 0.1) is 5.92 Å².